The van der Waals surface area contributed by atoms with Gasteiger partial charge in [-0.3, -0.25) is 9.59 Å². The van der Waals surface area contributed by atoms with Crippen molar-refractivity contribution in [2.24, 2.45) is 0 Å². The van der Waals surface area contributed by atoms with Crippen molar-refractivity contribution in [1.82, 2.24) is 15.2 Å². The zero-order chi connectivity index (χ0) is 21.0. The van der Waals surface area contributed by atoms with E-state index < -0.39 is 6.04 Å². The number of nitrogens with zero attached hydrogens (tertiary/aromatic N) is 2. The van der Waals surface area contributed by atoms with Crippen LogP contribution < -0.4 is 10.6 Å². The first-order valence-electron chi connectivity index (χ1n) is 9.68. The van der Waals surface area contributed by atoms with E-state index >= 15 is 0 Å². The fourth-order valence-electron chi connectivity index (χ4n) is 3.18. The number of hydrogen-bond donors (Lipinski definition) is 2. The van der Waals surface area contributed by atoms with E-state index in [2.05, 4.69) is 15.6 Å². The van der Waals surface area contributed by atoms with Gasteiger partial charge in [0.1, 0.15) is 11.7 Å². The normalized spacial score (nSPS) is 17.7. The quantitative estimate of drug-likeness (QED) is 0.636. The van der Waals surface area contributed by atoms with Crippen LogP contribution in [0.5, 0.6) is 0 Å². The second kappa shape index (κ2) is 9.78. The summed E-state index contributed by atoms with van der Waals surface area (Å²) in [7, 11) is 0. The lowest BCUT2D eigenvalue weighted by Crippen LogP contribution is -2.53. The van der Waals surface area contributed by atoms with Gasteiger partial charge in [-0.1, -0.05) is 36.2 Å². The molecule has 2 heterocycles. The molecule has 1 aromatic heterocycles. The van der Waals surface area contributed by atoms with Crippen molar-refractivity contribution in [3.05, 3.63) is 39.3 Å². The molecule has 156 valence electrons. The number of thiazole rings is 1. The Bertz CT molecular complexity index is 889. The Labute approximate surface area is 184 Å². The van der Waals surface area contributed by atoms with Gasteiger partial charge in [0.05, 0.1) is 15.7 Å². The van der Waals surface area contributed by atoms with Crippen LogP contribution in [0.2, 0.25) is 10.0 Å². The van der Waals surface area contributed by atoms with Crippen LogP contribution >= 0.6 is 34.5 Å². The number of halogens is 2. The van der Waals surface area contributed by atoms with Gasteiger partial charge in [-0.2, -0.15) is 0 Å². The summed E-state index contributed by atoms with van der Waals surface area (Å²) in [5.41, 5.74) is 0.940. The standard InChI is InChI=1S/C20H24Cl2N4O2S/c1-3-12(2)23-18(27)16-9-4-5-10-26(16)19(28)15-11-29-20(25-15)24-14-8-6-7-13(21)17(14)22/h6-8,11-12,16H,3-5,9-10H2,1-2H3,(H,23,27)(H,24,25). The van der Waals surface area contributed by atoms with Crippen LogP contribution in [0.3, 0.4) is 0 Å². The lowest BCUT2D eigenvalue weighted by Gasteiger charge is -2.34. The van der Waals surface area contributed by atoms with Crippen LogP contribution in [0.4, 0.5) is 10.8 Å². The van der Waals surface area contributed by atoms with Crippen molar-refractivity contribution in [3.8, 4) is 0 Å². The minimum absolute atomic E-state index is 0.0823. The van der Waals surface area contributed by atoms with Crippen LogP contribution in [0.25, 0.3) is 0 Å². The first-order chi connectivity index (χ1) is 13.9. The molecule has 3 rings (SSSR count). The van der Waals surface area contributed by atoms with E-state index in [-0.39, 0.29) is 17.9 Å². The molecule has 0 saturated carbocycles. The molecule has 1 fully saturated rings. The topological polar surface area (TPSA) is 74.3 Å². The van der Waals surface area contributed by atoms with Crippen molar-refractivity contribution in [2.75, 3.05) is 11.9 Å². The van der Waals surface area contributed by atoms with Crippen molar-refractivity contribution in [2.45, 2.75) is 51.6 Å². The summed E-state index contributed by atoms with van der Waals surface area (Å²) >= 11 is 13.5. The molecule has 2 atom stereocenters. The maximum atomic E-state index is 13.1. The minimum Gasteiger partial charge on any atom is -0.352 e. The Kier molecular flexibility index (Phi) is 7.38. The number of amides is 2. The molecule has 0 aliphatic carbocycles. The first kappa shape index (κ1) is 21.9. The zero-order valence-electron chi connectivity index (χ0n) is 16.4. The smallest absolute Gasteiger partial charge is 0.274 e. The number of nitrogens with one attached hydrogen (secondary N) is 2. The Morgan fingerprint density at radius 2 is 2.14 bits per heavy atom. The molecule has 29 heavy (non-hydrogen) atoms. The lowest BCUT2D eigenvalue weighted by molar-refractivity contribution is -0.127. The lowest BCUT2D eigenvalue weighted by atomic mass is 10.0. The van der Waals surface area contributed by atoms with Crippen LogP contribution in [0.15, 0.2) is 23.6 Å². The van der Waals surface area contributed by atoms with Crippen LogP contribution in [0.1, 0.15) is 50.0 Å². The second-order valence-corrected chi connectivity index (χ2v) is 8.74. The monoisotopic (exact) mass is 454 g/mol. The van der Waals surface area contributed by atoms with Crippen LogP contribution in [0, 0.1) is 0 Å². The third-order valence-electron chi connectivity index (χ3n) is 4.98. The van der Waals surface area contributed by atoms with Gasteiger partial charge in [0.25, 0.3) is 5.91 Å². The van der Waals surface area contributed by atoms with E-state index in [1.165, 1.54) is 11.3 Å². The number of carbonyl (C=O) groups excluding carboxylic acids is 2. The number of anilines is 2. The number of aromatic nitrogens is 1. The maximum absolute atomic E-state index is 13.1. The average Bonchev–Trinajstić information content (AvgIpc) is 3.19. The highest BCUT2D eigenvalue weighted by Gasteiger charge is 2.34. The van der Waals surface area contributed by atoms with Gasteiger partial charge in [-0.15, -0.1) is 11.3 Å². The first-order valence-corrected chi connectivity index (χ1v) is 11.3. The molecule has 0 radical (unpaired) electrons. The summed E-state index contributed by atoms with van der Waals surface area (Å²) < 4.78 is 0. The molecule has 2 aromatic rings. The third kappa shape index (κ3) is 5.21. The van der Waals surface area contributed by atoms with Crippen LogP contribution in [-0.4, -0.2) is 40.3 Å². The third-order valence-corrected chi connectivity index (χ3v) is 6.56. The largest absolute Gasteiger partial charge is 0.352 e. The van der Waals surface area contributed by atoms with Crippen molar-refractivity contribution in [1.29, 1.82) is 0 Å². The summed E-state index contributed by atoms with van der Waals surface area (Å²) in [5.74, 6) is -0.317. The van der Waals surface area contributed by atoms with Gasteiger partial charge in [0.2, 0.25) is 5.91 Å². The highest BCUT2D eigenvalue weighted by molar-refractivity contribution is 7.14. The van der Waals surface area contributed by atoms with Crippen molar-refractivity contribution in [3.63, 3.8) is 0 Å². The van der Waals surface area contributed by atoms with E-state index in [1.807, 2.05) is 13.8 Å². The van der Waals surface area contributed by atoms with E-state index in [9.17, 15) is 9.59 Å². The van der Waals surface area contributed by atoms with E-state index in [4.69, 9.17) is 23.2 Å². The Hall–Kier alpha value is -1.83. The number of benzene rings is 1. The Morgan fingerprint density at radius 1 is 1.34 bits per heavy atom. The van der Waals surface area contributed by atoms with E-state index in [0.29, 0.717) is 39.5 Å². The molecule has 1 aliphatic heterocycles. The fraction of sp³-hybridized carbons (Fsp3) is 0.450. The van der Waals surface area contributed by atoms with Gasteiger partial charge in [0, 0.05) is 18.0 Å². The summed E-state index contributed by atoms with van der Waals surface area (Å²) in [5, 5.41) is 9.16. The second-order valence-electron chi connectivity index (χ2n) is 7.09. The summed E-state index contributed by atoms with van der Waals surface area (Å²) in [4.78, 5) is 31.8. The molecule has 1 aromatic carbocycles. The summed E-state index contributed by atoms with van der Waals surface area (Å²) in [6.45, 7) is 4.54. The molecule has 0 bridgehead atoms. The highest BCUT2D eigenvalue weighted by Crippen LogP contribution is 2.33. The molecule has 1 saturated heterocycles. The fourth-order valence-corrected chi connectivity index (χ4v) is 4.22. The van der Waals surface area contributed by atoms with Gasteiger partial charge >= 0.3 is 0 Å². The van der Waals surface area contributed by atoms with Gasteiger partial charge in [-0.25, -0.2) is 4.98 Å². The zero-order valence-corrected chi connectivity index (χ0v) is 18.7. The molecule has 2 amide bonds. The summed E-state index contributed by atoms with van der Waals surface area (Å²) in [6.07, 6.45) is 3.33. The summed E-state index contributed by atoms with van der Waals surface area (Å²) in [6, 6.07) is 4.90. The number of hydrogen-bond acceptors (Lipinski definition) is 5. The van der Waals surface area contributed by atoms with Gasteiger partial charge in [0.15, 0.2) is 5.13 Å². The molecular weight excluding hydrogens is 431 g/mol. The predicted octanol–water partition coefficient (Wildman–Crippen LogP) is 5.10. The van der Waals surface area contributed by atoms with Crippen molar-refractivity contribution >= 4 is 57.2 Å². The van der Waals surface area contributed by atoms with E-state index in [0.717, 1.165) is 19.3 Å². The number of likely N-dealkylation sites (tertiary alicyclic amines) is 1. The predicted molar refractivity (Wildman–Crippen MR) is 118 cm³/mol. The average molecular weight is 455 g/mol. The molecule has 0 spiro atoms. The number of piperidine rings is 1. The minimum atomic E-state index is -0.453. The molecule has 2 N–H and O–H groups in total. The van der Waals surface area contributed by atoms with Crippen molar-refractivity contribution < 1.29 is 9.59 Å². The molecule has 9 heteroatoms. The SMILES string of the molecule is CCC(C)NC(=O)C1CCCCN1C(=O)c1csc(Nc2cccc(Cl)c2Cl)n1. The highest BCUT2D eigenvalue weighted by atomic mass is 35.5. The molecule has 6 nitrogen and oxygen atoms in total. The molecular formula is C20H24Cl2N4O2S. The number of carbonyl (C=O) groups is 2. The molecule has 2 unspecified atom stereocenters. The Balaban J connectivity index is 1.73. The maximum Gasteiger partial charge on any atom is 0.274 e. The molecule has 1 aliphatic rings. The Morgan fingerprint density at radius 3 is 2.90 bits per heavy atom. The van der Waals surface area contributed by atoms with Crippen LogP contribution in [-0.2, 0) is 4.79 Å². The van der Waals surface area contributed by atoms with Gasteiger partial charge < -0.3 is 15.5 Å². The number of rotatable bonds is 6. The van der Waals surface area contributed by atoms with E-state index in [1.54, 1.807) is 28.5 Å². The van der Waals surface area contributed by atoms with Gasteiger partial charge in [-0.05, 0) is 44.7 Å².